The number of hydrogen-bond donors (Lipinski definition) is 5. The summed E-state index contributed by atoms with van der Waals surface area (Å²) in [7, 11) is 2.87. The van der Waals surface area contributed by atoms with E-state index < -0.39 is 17.5 Å². The van der Waals surface area contributed by atoms with Gasteiger partial charge in [-0.1, -0.05) is 95.0 Å². The number of hydrogen-bond acceptors (Lipinski definition) is 15. The van der Waals surface area contributed by atoms with Crippen LogP contribution < -0.4 is 25.4 Å². The molecule has 5 N–H and O–H groups in total. The summed E-state index contributed by atoms with van der Waals surface area (Å²) in [5.41, 5.74) is 4.46. The van der Waals surface area contributed by atoms with Gasteiger partial charge >= 0.3 is 0 Å². The molecule has 3 heterocycles. The standard InChI is InChI=1S/C76H116N10O8/c1-55(2)14-10-15-56(3)64-23-24-65-62-22-21-59-52-60(29-32-75(59,4)66(62)30-33-76(64,65)5)77-34-11-37-82-46-48-85(49-47-82)41-31-74(92)79-36-13-39-84-44-42-83(43-45-84)38-12-35-78-73(91)16-8-9-40-86-54-61(80-81-86)53-63(67(87)25-17-57-19-27-69(89)71(50-57)93-6)68(88)26-18-58-20-28-70(90)72(51-58)94-7/h17-21,25-28,50-51,54-56,60,62-66,77,89-90H,8-16,22-24,29-49,52-53H2,1-7H3,(H,78,91)(H,79,92)/b25-17+,26-18+/t56-,60+,62+,64-,65+,66+,75+,76-/m1/s1. The van der Waals surface area contributed by atoms with Gasteiger partial charge in [-0.25, -0.2) is 0 Å². The molecule has 6 aliphatic rings. The lowest BCUT2D eigenvalue weighted by Gasteiger charge is -2.58. The minimum Gasteiger partial charge on any atom is -0.504 e. The van der Waals surface area contributed by atoms with Crippen molar-refractivity contribution in [3.05, 3.63) is 83.2 Å². The highest BCUT2D eigenvalue weighted by Gasteiger charge is 2.59. The molecule has 0 spiro atoms. The molecule has 0 radical (unpaired) electrons. The second-order valence-electron chi connectivity index (χ2n) is 29.6. The Labute approximate surface area is 562 Å². The third-order valence-electron chi connectivity index (χ3n) is 22.9. The molecule has 518 valence electrons. The largest absolute Gasteiger partial charge is 0.504 e. The van der Waals surface area contributed by atoms with Crippen LogP contribution in [0.15, 0.2) is 66.4 Å². The van der Waals surface area contributed by atoms with E-state index >= 15 is 0 Å². The van der Waals surface area contributed by atoms with Crippen LogP contribution in [0.25, 0.3) is 12.2 Å². The van der Waals surface area contributed by atoms with E-state index in [1.54, 1.807) is 52.9 Å². The zero-order valence-corrected chi connectivity index (χ0v) is 58.3. The first kappa shape index (κ1) is 72.4. The Hall–Kier alpha value is -5.92. The number of piperazine rings is 2. The second-order valence-corrected chi connectivity index (χ2v) is 29.6. The quantitative estimate of drug-likeness (QED) is 0.0159. The molecular weight excluding hydrogens is 1180 g/mol. The first-order valence-electron chi connectivity index (χ1n) is 36.3. The Morgan fingerprint density at radius 3 is 1.81 bits per heavy atom. The molecule has 9 rings (SSSR count). The number of methoxy groups -OCH3 is 2. The molecule has 4 aliphatic carbocycles. The van der Waals surface area contributed by atoms with Gasteiger partial charge in [0.2, 0.25) is 11.8 Å². The van der Waals surface area contributed by atoms with Crippen LogP contribution in [0.4, 0.5) is 0 Å². The zero-order valence-electron chi connectivity index (χ0n) is 58.3. The predicted molar refractivity (Wildman–Crippen MR) is 374 cm³/mol. The van der Waals surface area contributed by atoms with Gasteiger partial charge in [0.15, 0.2) is 34.6 Å². The first-order chi connectivity index (χ1) is 45.4. The summed E-state index contributed by atoms with van der Waals surface area (Å²) in [6, 6.07) is 10.0. The maximum Gasteiger partial charge on any atom is 0.221 e. The van der Waals surface area contributed by atoms with Gasteiger partial charge in [-0.3, -0.25) is 23.9 Å². The minimum absolute atomic E-state index is 0.0138. The van der Waals surface area contributed by atoms with Crippen molar-refractivity contribution in [2.24, 2.45) is 52.3 Å². The number of aromatic hydroxyl groups is 2. The molecule has 2 aliphatic heterocycles. The van der Waals surface area contributed by atoms with Gasteiger partial charge in [0.25, 0.3) is 0 Å². The van der Waals surface area contributed by atoms with Gasteiger partial charge in [-0.05, 0) is 204 Å². The van der Waals surface area contributed by atoms with Crippen LogP contribution in [0, 0.1) is 52.3 Å². The minimum atomic E-state index is -1.10. The summed E-state index contributed by atoms with van der Waals surface area (Å²) in [6.07, 6.45) is 31.1. The Morgan fingerprint density at radius 2 is 1.22 bits per heavy atom. The van der Waals surface area contributed by atoms with E-state index in [4.69, 9.17) is 9.47 Å². The van der Waals surface area contributed by atoms with Crippen molar-refractivity contribution >= 4 is 35.5 Å². The van der Waals surface area contributed by atoms with Crippen LogP contribution >= 0.6 is 0 Å². The molecule has 2 amide bonds. The van der Waals surface area contributed by atoms with Crippen molar-refractivity contribution < 1.29 is 38.9 Å². The van der Waals surface area contributed by atoms with Gasteiger partial charge in [0.1, 0.15) is 0 Å². The molecule has 94 heavy (non-hydrogen) atoms. The van der Waals surface area contributed by atoms with Crippen molar-refractivity contribution in [2.75, 3.05) is 112 Å². The number of unbranched alkanes of at least 4 members (excludes halogenated alkanes) is 1. The van der Waals surface area contributed by atoms with Crippen molar-refractivity contribution in [1.82, 2.24) is 50.5 Å². The van der Waals surface area contributed by atoms with Gasteiger partial charge in [0.05, 0.1) is 25.8 Å². The summed E-state index contributed by atoms with van der Waals surface area (Å²) in [4.78, 5) is 62.9. The number of fused-ring (bicyclic) bond motifs is 5. The van der Waals surface area contributed by atoms with Crippen LogP contribution in [0.2, 0.25) is 0 Å². The molecule has 2 aromatic carbocycles. The number of ether oxygens (including phenoxy) is 2. The number of allylic oxidation sites excluding steroid dienone is 3. The summed E-state index contributed by atoms with van der Waals surface area (Å²) >= 11 is 0. The van der Waals surface area contributed by atoms with Crippen LogP contribution in [0.3, 0.4) is 0 Å². The number of carbonyl (C=O) groups is 4. The first-order valence-corrected chi connectivity index (χ1v) is 36.3. The SMILES string of the molecule is COc1cc(/C=C/C(=O)C(Cc2cn(CCCCC(=O)NCCCN3CCN(CCCNC(=O)CCN4CCN(CCCN[C@H]5CC[C@@]6(C)C(=CC[C@H]7[C@@H]8CC[C@H]([C@H](C)CCCC(C)C)[C@@]8(C)CC[C@@H]76)C5)CC4)CC3)nn2)C(=O)/C=C/c2ccc(O)c(OC)c2)ccc1O. The maximum absolute atomic E-state index is 13.6. The van der Waals surface area contributed by atoms with Gasteiger partial charge in [-0.2, -0.15) is 0 Å². The van der Waals surface area contributed by atoms with E-state index in [9.17, 15) is 29.4 Å². The topological polar surface area (TPSA) is 207 Å². The third kappa shape index (κ3) is 20.1. The molecular formula is C76H116N10O8. The molecule has 0 unspecified atom stereocenters. The molecule has 2 saturated heterocycles. The molecule has 18 nitrogen and oxygen atoms in total. The molecule has 0 bridgehead atoms. The summed E-state index contributed by atoms with van der Waals surface area (Å²) in [6.45, 7) is 28.0. The normalized spacial score (nSPS) is 24.9. The number of nitrogens with zero attached hydrogens (tertiary/aromatic N) is 7. The number of benzene rings is 2. The number of aryl methyl sites for hydroxylation is 1. The van der Waals surface area contributed by atoms with E-state index in [1.165, 1.54) is 116 Å². The van der Waals surface area contributed by atoms with Crippen molar-refractivity contribution in [2.45, 2.75) is 169 Å². The average Bonchev–Trinajstić information content (AvgIpc) is 1.32. The van der Waals surface area contributed by atoms with Crippen LogP contribution in [-0.2, 0) is 32.1 Å². The number of amides is 2. The lowest BCUT2D eigenvalue weighted by molar-refractivity contribution is -0.127. The zero-order chi connectivity index (χ0) is 66.6. The summed E-state index contributed by atoms with van der Waals surface area (Å²) in [5, 5.41) is 38.8. The third-order valence-corrected chi connectivity index (χ3v) is 22.9. The Kier molecular flexibility index (Phi) is 27.2. The Morgan fingerprint density at radius 1 is 0.649 bits per heavy atom. The smallest absolute Gasteiger partial charge is 0.221 e. The number of phenols is 2. The van der Waals surface area contributed by atoms with Crippen LogP contribution in [0.5, 0.6) is 23.0 Å². The maximum atomic E-state index is 13.6. The molecule has 5 fully saturated rings. The van der Waals surface area contributed by atoms with E-state index in [2.05, 4.69) is 86.6 Å². The summed E-state index contributed by atoms with van der Waals surface area (Å²) in [5.74, 6) is 4.02. The molecule has 3 saturated carbocycles. The average molecular weight is 1300 g/mol. The van der Waals surface area contributed by atoms with E-state index in [0.717, 1.165) is 133 Å². The van der Waals surface area contributed by atoms with Gasteiger partial charge < -0.3 is 55.2 Å². The number of phenolic OH excluding ortho intramolecular Hbond substituents is 2. The number of aromatic nitrogens is 3. The number of nitrogens with one attached hydrogen (secondary N) is 3. The fourth-order valence-corrected chi connectivity index (χ4v) is 17.3. The van der Waals surface area contributed by atoms with E-state index in [-0.39, 0.29) is 41.2 Å². The highest BCUT2D eigenvalue weighted by molar-refractivity contribution is 6.13. The van der Waals surface area contributed by atoms with E-state index in [1.807, 2.05) is 0 Å². The fraction of sp³-hybridized carbons (Fsp3) is 0.684. The number of ketones is 2. The Balaban J connectivity index is 0.568. The molecule has 8 atom stereocenters. The van der Waals surface area contributed by atoms with Crippen molar-refractivity contribution in [3.63, 3.8) is 0 Å². The van der Waals surface area contributed by atoms with Crippen LogP contribution in [-0.4, -0.2) is 187 Å². The number of rotatable bonds is 36. The van der Waals surface area contributed by atoms with Gasteiger partial charge in [-0.15, -0.1) is 5.10 Å². The van der Waals surface area contributed by atoms with Crippen LogP contribution in [0.1, 0.15) is 167 Å². The molecule has 3 aromatic rings. The lowest BCUT2D eigenvalue weighted by Crippen LogP contribution is -2.52. The van der Waals surface area contributed by atoms with Crippen molar-refractivity contribution in [1.29, 1.82) is 0 Å². The highest BCUT2D eigenvalue weighted by atomic mass is 16.5. The number of carbonyl (C=O) groups excluding carboxylic acids is 4. The predicted octanol–water partition coefficient (Wildman–Crippen LogP) is 10.6. The second kappa shape index (κ2) is 35.4. The summed E-state index contributed by atoms with van der Waals surface area (Å²) < 4.78 is 12.1. The van der Waals surface area contributed by atoms with Gasteiger partial charge in [0, 0.05) is 110 Å². The fourth-order valence-electron chi connectivity index (χ4n) is 17.3. The van der Waals surface area contributed by atoms with Crippen molar-refractivity contribution in [3.8, 4) is 23.0 Å². The Bertz CT molecular complexity index is 2940. The molecule has 1 aromatic heterocycles. The lowest BCUT2D eigenvalue weighted by atomic mass is 9.47. The highest BCUT2D eigenvalue weighted by Crippen LogP contribution is 2.67. The monoisotopic (exact) mass is 1300 g/mol. The molecule has 18 heteroatoms. The van der Waals surface area contributed by atoms with E-state index in [0.29, 0.717) is 79.0 Å².